The molecule has 1 heterocycles. The van der Waals surface area contributed by atoms with Crippen molar-refractivity contribution in [1.82, 2.24) is 5.32 Å². The minimum atomic E-state index is -0.0315. The van der Waals surface area contributed by atoms with Crippen LogP contribution in [0.3, 0.4) is 0 Å². The van der Waals surface area contributed by atoms with Crippen LogP contribution in [0.4, 0.5) is 0 Å². The van der Waals surface area contributed by atoms with E-state index in [1.807, 2.05) is 44.2 Å². The molecule has 1 fully saturated rings. The molecule has 5 heteroatoms. The Morgan fingerprint density at radius 3 is 2.72 bits per heavy atom. The molecule has 0 aliphatic carbocycles. The van der Waals surface area contributed by atoms with Gasteiger partial charge in [0.05, 0.1) is 11.0 Å². The zero-order valence-electron chi connectivity index (χ0n) is 10.4. The lowest BCUT2D eigenvalue weighted by Crippen LogP contribution is -2.24. The molecule has 1 saturated heterocycles. The Balaban J connectivity index is 2.09. The zero-order chi connectivity index (χ0) is 13.0. The second-order valence-corrected chi connectivity index (χ2v) is 5.15. The fraction of sp³-hybridized carbons (Fsp3) is 0.308. The summed E-state index contributed by atoms with van der Waals surface area (Å²) in [4.78, 5) is 11.5. The number of nitrogens with zero attached hydrogens (tertiary/aromatic N) is 2. The first-order chi connectivity index (χ1) is 8.70. The highest BCUT2D eigenvalue weighted by atomic mass is 32.2. The van der Waals surface area contributed by atoms with Crippen molar-refractivity contribution in [3.05, 3.63) is 35.9 Å². The van der Waals surface area contributed by atoms with Crippen molar-refractivity contribution in [2.75, 3.05) is 0 Å². The average molecular weight is 261 g/mol. The number of benzene rings is 1. The first-order valence-corrected chi connectivity index (χ1v) is 6.74. The number of carbonyl (C=O) groups excluding carboxylic acids is 1. The second kappa shape index (κ2) is 5.82. The van der Waals surface area contributed by atoms with E-state index in [0.29, 0.717) is 5.17 Å². The van der Waals surface area contributed by atoms with Crippen LogP contribution >= 0.6 is 11.8 Å². The number of carbonyl (C=O) groups is 1. The van der Waals surface area contributed by atoms with Gasteiger partial charge in [0.15, 0.2) is 5.17 Å². The van der Waals surface area contributed by atoms with E-state index < -0.39 is 0 Å². The van der Waals surface area contributed by atoms with Crippen molar-refractivity contribution in [1.29, 1.82) is 0 Å². The van der Waals surface area contributed by atoms with Gasteiger partial charge in [0.1, 0.15) is 0 Å². The van der Waals surface area contributed by atoms with Crippen LogP contribution in [0.15, 0.2) is 40.5 Å². The minimum Gasteiger partial charge on any atom is -0.303 e. The fourth-order valence-corrected chi connectivity index (χ4v) is 2.43. The number of thioether (sulfide) groups is 1. The van der Waals surface area contributed by atoms with Gasteiger partial charge >= 0.3 is 0 Å². The zero-order valence-corrected chi connectivity index (χ0v) is 11.2. The summed E-state index contributed by atoms with van der Waals surface area (Å²) in [6, 6.07) is 9.84. The van der Waals surface area contributed by atoms with Gasteiger partial charge < -0.3 is 5.32 Å². The normalized spacial score (nSPS) is 22.3. The summed E-state index contributed by atoms with van der Waals surface area (Å²) in [5.41, 5.74) is 1.86. The van der Waals surface area contributed by atoms with Gasteiger partial charge in [0, 0.05) is 0 Å². The summed E-state index contributed by atoms with van der Waals surface area (Å²) in [6.45, 7) is 3.89. The van der Waals surface area contributed by atoms with Gasteiger partial charge in [0.2, 0.25) is 5.91 Å². The van der Waals surface area contributed by atoms with Gasteiger partial charge in [-0.05, 0) is 18.9 Å². The molecule has 0 saturated carbocycles. The van der Waals surface area contributed by atoms with Crippen molar-refractivity contribution in [2.45, 2.75) is 25.5 Å². The Morgan fingerprint density at radius 1 is 1.39 bits per heavy atom. The molecule has 1 aliphatic heterocycles. The predicted octanol–water partition coefficient (Wildman–Crippen LogP) is 2.41. The van der Waals surface area contributed by atoms with Gasteiger partial charge in [-0.1, -0.05) is 49.0 Å². The Kier molecular flexibility index (Phi) is 4.15. The molecule has 1 aromatic carbocycles. The van der Waals surface area contributed by atoms with Crippen molar-refractivity contribution >= 4 is 28.5 Å². The third kappa shape index (κ3) is 2.98. The van der Waals surface area contributed by atoms with Crippen LogP contribution in [0, 0.1) is 0 Å². The van der Waals surface area contributed by atoms with E-state index in [0.717, 1.165) is 17.7 Å². The summed E-state index contributed by atoms with van der Waals surface area (Å²) >= 11 is 1.44. The maximum Gasteiger partial charge on any atom is 0.239 e. The largest absolute Gasteiger partial charge is 0.303 e. The number of rotatable bonds is 3. The van der Waals surface area contributed by atoms with Crippen LogP contribution in [0.25, 0.3) is 0 Å². The number of hydrogen-bond acceptors (Lipinski definition) is 4. The molecule has 1 amide bonds. The van der Waals surface area contributed by atoms with E-state index >= 15 is 0 Å². The van der Waals surface area contributed by atoms with Gasteiger partial charge in [0.25, 0.3) is 0 Å². The summed E-state index contributed by atoms with van der Waals surface area (Å²) in [5.74, 6) is 0.0221. The summed E-state index contributed by atoms with van der Waals surface area (Å²) in [7, 11) is 0. The summed E-state index contributed by atoms with van der Waals surface area (Å²) < 4.78 is 0. The summed E-state index contributed by atoms with van der Waals surface area (Å²) in [6.07, 6.45) is 0.802. The molecule has 0 bridgehead atoms. The van der Waals surface area contributed by atoms with Crippen LogP contribution in [-0.4, -0.2) is 22.0 Å². The highest BCUT2D eigenvalue weighted by molar-refractivity contribution is 8.15. The van der Waals surface area contributed by atoms with E-state index in [1.54, 1.807) is 0 Å². The Labute approximate surface area is 111 Å². The van der Waals surface area contributed by atoms with Crippen LogP contribution in [0.2, 0.25) is 0 Å². The van der Waals surface area contributed by atoms with E-state index in [2.05, 4.69) is 15.5 Å². The fourth-order valence-electron chi connectivity index (χ4n) is 1.58. The SMILES string of the molecule is CCC1S/C(=N/N=C(\C)c2ccccc2)NC1=O. The van der Waals surface area contributed by atoms with Crippen LogP contribution in [-0.2, 0) is 4.79 Å². The maximum absolute atomic E-state index is 11.5. The minimum absolute atomic E-state index is 0.0221. The Hall–Kier alpha value is -1.62. The Bertz CT molecular complexity index is 496. The maximum atomic E-state index is 11.5. The molecule has 1 aliphatic rings. The van der Waals surface area contributed by atoms with Gasteiger partial charge in [-0.3, -0.25) is 4.79 Å². The molecular formula is C13H15N3OS. The van der Waals surface area contributed by atoms with E-state index in [-0.39, 0.29) is 11.2 Å². The van der Waals surface area contributed by atoms with Crippen molar-refractivity contribution < 1.29 is 4.79 Å². The molecule has 0 spiro atoms. The molecule has 4 nitrogen and oxygen atoms in total. The molecular weight excluding hydrogens is 246 g/mol. The van der Waals surface area contributed by atoms with Gasteiger partial charge in [-0.25, -0.2) is 0 Å². The van der Waals surface area contributed by atoms with E-state index in [1.165, 1.54) is 11.8 Å². The van der Waals surface area contributed by atoms with Gasteiger partial charge in [-0.2, -0.15) is 5.10 Å². The van der Waals surface area contributed by atoms with Gasteiger partial charge in [-0.15, -0.1) is 5.10 Å². The second-order valence-electron chi connectivity index (χ2n) is 3.96. The highest BCUT2D eigenvalue weighted by Crippen LogP contribution is 2.21. The lowest BCUT2D eigenvalue weighted by molar-refractivity contribution is -0.118. The van der Waals surface area contributed by atoms with Crippen LogP contribution in [0.5, 0.6) is 0 Å². The molecule has 0 radical (unpaired) electrons. The predicted molar refractivity (Wildman–Crippen MR) is 75.9 cm³/mol. The smallest absolute Gasteiger partial charge is 0.239 e. The highest BCUT2D eigenvalue weighted by Gasteiger charge is 2.28. The third-order valence-corrected chi connectivity index (χ3v) is 3.87. The molecule has 1 atom stereocenters. The van der Waals surface area contributed by atoms with Crippen LogP contribution < -0.4 is 5.32 Å². The third-order valence-electron chi connectivity index (χ3n) is 2.63. The monoisotopic (exact) mass is 261 g/mol. The average Bonchev–Trinajstić information content (AvgIpc) is 2.77. The molecule has 94 valence electrons. The lowest BCUT2D eigenvalue weighted by Gasteiger charge is -1.97. The van der Waals surface area contributed by atoms with E-state index in [9.17, 15) is 4.79 Å². The lowest BCUT2D eigenvalue weighted by atomic mass is 10.1. The molecule has 1 N–H and O–H groups in total. The number of hydrogen-bond donors (Lipinski definition) is 1. The van der Waals surface area contributed by atoms with Crippen molar-refractivity contribution in [3.63, 3.8) is 0 Å². The van der Waals surface area contributed by atoms with Crippen molar-refractivity contribution in [3.8, 4) is 0 Å². The summed E-state index contributed by atoms with van der Waals surface area (Å²) in [5, 5.41) is 11.5. The molecule has 1 aromatic rings. The molecule has 2 rings (SSSR count). The van der Waals surface area contributed by atoms with Crippen molar-refractivity contribution in [2.24, 2.45) is 10.2 Å². The van der Waals surface area contributed by atoms with Crippen LogP contribution in [0.1, 0.15) is 25.8 Å². The first-order valence-electron chi connectivity index (χ1n) is 5.86. The molecule has 0 aromatic heterocycles. The number of amides is 1. The first kappa shape index (κ1) is 12.8. The van der Waals surface area contributed by atoms with E-state index in [4.69, 9.17) is 0 Å². The quantitative estimate of drug-likeness (QED) is 0.671. The molecule has 18 heavy (non-hydrogen) atoms. The number of nitrogens with one attached hydrogen (secondary N) is 1. The number of amidine groups is 1. The molecule has 1 unspecified atom stereocenters. The Morgan fingerprint density at radius 2 is 2.11 bits per heavy atom. The standard InChI is InChI=1S/C13H15N3OS/c1-3-11-12(17)14-13(18-11)16-15-9(2)10-7-5-4-6-8-10/h4-8,11H,3H2,1-2H3,(H,14,16,17)/b15-9+. The topological polar surface area (TPSA) is 53.8 Å².